The fraction of sp³-hybridized carbons (Fsp3) is 0.556. The molecule has 0 N–H and O–H groups in total. The largest absolute Gasteiger partial charge is 0.488 e. The first kappa shape index (κ1) is 35.1. The first-order valence-corrected chi connectivity index (χ1v) is 16.1. The van der Waals surface area contributed by atoms with Crippen LogP contribution in [0.1, 0.15) is 78.1 Å². The highest BCUT2D eigenvalue weighted by molar-refractivity contribution is 6.11. The molecule has 0 radical (unpaired) electrons. The van der Waals surface area contributed by atoms with Crippen LogP contribution in [0.2, 0.25) is 0 Å². The van der Waals surface area contributed by atoms with Gasteiger partial charge in [0.05, 0.1) is 13.2 Å². The quantitative estimate of drug-likeness (QED) is 0.0647. The first-order chi connectivity index (χ1) is 21.5. The predicted molar refractivity (Wildman–Crippen MR) is 173 cm³/mol. The molecule has 8 nitrogen and oxygen atoms in total. The second-order valence-electron chi connectivity index (χ2n) is 11.1. The minimum absolute atomic E-state index is 0.146. The van der Waals surface area contributed by atoms with E-state index in [1.165, 1.54) is 0 Å². The summed E-state index contributed by atoms with van der Waals surface area (Å²) >= 11 is 0. The molecule has 0 aromatic heterocycles. The van der Waals surface area contributed by atoms with Crippen molar-refractivity contribution in [2.45, 2.75) is 90.3 Å². The van der Waals surface area contributed by atoms with Crippen molar-refractivity contribution in [3.05, 3.63) is 48.5 Å². The highest BCUT2D eigenvalue weighted by Gasteiger charge is 2.22. The van der Waals surface area contributed by atoms with Gasteiger partial charge in [0.2, 0.25) is 0 Å². The Bertz CT molecular complexity index is 1130. The van der Waals surface area contributed by atoms with Crippen LogP contribution in [0.5, 0.6) is 11.5 Å². The molecule has 2 atom stereocenters. The number of benzene rings is 3. The topological polar surface area (TPSA) is 89.5 Å². The zero-order valence-corrected chi connectivity index (χ0v) is 26.9. The van der Waals surface area contributed by atoms with Gasteiger partial charge in [0.1, 0.15) is 24.7 Å². The Labute approximate surface area is 262 Å². The Kier molecular flexibility index (Phi) is 15.8. The summed E-state index contributed by atoms with van der Waals surface area (Å²) < 4.78 is 35.0. The number of fused-ring (bicyclic) bond motifs is 2. The minimum atomic E-state index is -0.543. The molecule has 8 heteroatoms. The van der Waals surface area contributed by atoms with Crippen molar-refractivity contribution in [1.29, 1.82) is 0 Å². The van der Waals surface area contributed by atoms with E-state index in [1.54, 1.807) is 14.2 Å². The minimum Gasteiger partial charge on any atom is -0.488 e. The molecule has 0 spiro atoms. The van der Waals surface area contributed by atoms with E-state index in [9.17, 15) is 9.59 Å². The zero-order chi connectivity index (χ0) is 31.6. The summed E-state index contributed by atoms with van der Waals surface area (Å²) in [5.74, 6) is 0.876. The Balaban J connectivity index is 1.80. The molecule has 3 aromatic rings. The van der Waals surface area contributed by atoms with E-state index in [1.807, 2.05) is 48.5 Å². The van der Waals surface area contributed by atoms with Crippen molar-refractivity contribution in [3.8, 4) is 11.5 Å². The average Bonchev–Trinajstić information content (AvgIpc) is 3.03. The molecular weight excluding hydrogens is 560 g/mol. The summed E-state index contributed by atoms with van der Waals surface area (Å²) in [4.78, 5) is 25.0. The molecule has 0 saturated heterocycles. The van der Waals surface area contributed by atoms with E-state index in [0.29, 0.717) is 24.3 Å². The number of esters is 2. The van der Waals surface area contributed by atoms with Crippen LogP contribution in [0.4, 0.5) is 0 Å². The van der Waals surface area contributed by atoms with Crippen LogP contribution >= 0.6 is 0 Å². The number of hydrogen-bond acceptors (Lipinski definition) is 8. The molecule has 0 saturated carbocycles. The van der Waals surface area contributed by atoms with Crippen LogP contribution in [0.3, 0.4) is 0 Å². The van der Waals surface area contributed by atoms with Gasteiger partial charge in [-0.05, 0) is 12.8 Å². The van der Waals surface area contributed by atoms with Gasteiger partial charge in [-0.1, -0.05) is 101 Å². The summed E-state index contributed by atoms with van der Waals surface area (Å²) in [7, 11) is 3.17. The lowest BCUT2D eigenvalue weighted by Crippen LogP contribution is -2.30. The van der Waals surface area contributed by atoms with Crippen LogP contribution in [0.25, 0.3) is 21.5 Å². The third-order valence-corrected chi connectivity index (χ3v) is 7.43. The van der Waals surface area contributed by atoms with Crippen molar-refractivity contribution in [3.63, 3.8) is 0 Å². The number of unbranched alkanes of at least 4 members (excludes halogenated alkanes) is 6. The van der Waals surface area contributed by atoms with Gasteiger partial charge in [0, 0.05) is 48.6 Å². The van der Waals surface area contributed by atoms with Gasteiger partial charge in [-0.3, -0.25) is 9.59 Å². The van der Waals surface area contributed by atoms with Crippen LogP contribution in [-0.4, -0.2) is 64.8 Å². The smallest absolute Gasteiger partial charge is 0.306 e. The molecule has 0 amide bonds. The third-order valence-electron chi connectivity index (χ3n) is 7.43. The van der Waals surface area contributed by atoms with Gasteiger partial charge >= 0.3 is 11.9 Å². The summed E-state index contributed by atoms with van der Waals surface area (Å²) in [6.45, 7) is 5.04. The molecule has 0 heterocycles. The van der Waals surface area contributed by atoms with Gasteiger partial charge in [-0.25, -0.2) is 0 Å². The summed E-state index contributed by atoms with van der Waals surface area (Å²) in [6, 6.07) is 15.7. The molecule has 242 valence electrons. The highest BCUT2D eigenvalue weighted by Crippen LogP contribution is 2.42. The normalized spacial score (nSPS) is 12.6. The highest BCUT2D eigenvalue weighted by atomic mass is 16.6. The maximum Gasteiger partial charge on any atom is 0.306 e. The molecule has 0 bridgehead atoms. The number of hydrogen-bond donors (Lipinski definition) is 0. The van der Waals surface area contributed by atoms with Crippen molar-refractivity contribution in [1.82, 2.24) is 0 Å². The summed E-state index contributed by atoms with van der Waals surface area (Å²) in [6.07, 6.45) is 7.77. The van der Waals surface area contributed by atoms with Crippen LogP contribution in [0.15, 0.2) is 48.5 Å². The number of rotatable bonds is 22. The SMILES string of the molecule is CCCCCCC(=O)OC(COC)COc1c2ccccc2c(OCC(COC)OC(=O)CCCCCC)c2ccccc12. The zero-order valence-electron chi connectivity index (χ0n) is 26.9. The van der Waals surface area contributed by atoms with Crippen LogP contribution in [0, 0.1) is 0 Å². The molecule has 2 unspecified atom stereocenters. The maximum atomic E-state index is 12.5. The lowest BCUT2D eigenvalue weighted by Gasteiger charge is -2.22. The Morgan fingerprint density at radius 2 is 0.909 bits per heavy atom. The molecule has 0 aliphatic heterocycles. The van der Waals surface area contributed by atoms with Crippen LogP contribution < -0.4 is 9.47 Å². The van der Waals surface area contributed by atoms with Crippen molar-refractivity contribution < 1.29 is 38.0 Å². The molecule has 3 rings (SSSR count). The number of carbonyl (C=O) groups excluding carboxylic acids is 2. The second kappa shape index (κ2) is 19.8. The number of methoxy groups -OCH3 is 2. The Morgan fingerprint density at radius 1 is 0.545 bits per heavy atom. The molecule has 0 fully saturated rings. The van der Waals surface area contributed by atoms with E-state index in [0.717, 1.165) is 72.9 Å². The first-order valence-electron chi connectivity index (χ1n) is 16.1. The van der Waals surface area contributed by atoms with E-state index in [-0.39, 0.29) is 38.4 Å². The van der Waals surface area contributed by atoms with Crippen LogP contribution in [-0.2, 0) is 28.5 Å². The van der Waals surface area contributed by atoms with Crippen molar-refractivity contribution >= 4 is 33.5 Å². The molecule has 0 aliphatic rings. The summed E-state index contributed by atoms with van der Waals surface area (Å²) in [5.41, 5.74) is 0. The predicted octanol–water partition coefficient (Wildman–Crippen LogP) is 7.81. The van der Waals surface area contributed by atoms with E-state index < -0.39 is 12.2 Å². The van der Waals surface area contributed by atoms with Gasteiger partial charge in [0.15, 0.2) is 12.2 Å². The number of carbonyl (C=O) groups is 2. The lowest BCUT2D eigenvalue weighted by molar-refractivity contribution is -0.154. The monoisotopic (exact) mass is 610 g/mol. The van der Waals surface area contributed by atoms with Gasteiger partial charge in [-0.2, -0.15) is 0 Å². The maximum absolute atomic E-state index is 12.5. The molecule has 44 heavy (non-hydrogen) atoms. The average molecular weight is 611 g/mol. The standard InChI is InChI=1S/C36H50O8/c1-5-7-9-11-21-33(37)43-27(23-39-3)25-41-35-29-17-13-15-19-31(29)36(32-20-16-14-18-30(32)35)42-26-28(24-40-4)44-34(38)22-12-10-8-6-2/h13-20,27-28H,5-12,21-26H2,1-4H3. The number of ether oxygens (including phenoxy) is 6. The Morgan fingerprint density at radius 3 is 1.23 bits per heavy atom. The van der Waals surface area contributed by atoms with E-state index in [2.05, 4.69) is 13.8 Å². The summed E-state index contributed by atoms with van der Waals surface area (Å²) in [5, 5.41) is 3.44. The molecular formula is C36H50O8. The van der Waals surface area contributed by atoms with Crippen molar-refractivity contribution in [2.75, 3.05) is 40.6 Å². The Hall–Kier alpha value is -3.36. The van der Waals surface area contributed by atoms with Gasteiger partial charge in [0.25, 0.3) is 0 Å². The lowest BCUT2D eigenvalue weighted by atomic mass is 10.0. The van der Waals surface area contributed by atoms with E-state index in [4.69, 9.17) is 28.4 Å². The second-order valence-corrected chi connectivity index (χ2v) is 11.1. The third kappa shape index (κ3) is 11.0. The van der Waals surface area contributed by atoms with Gasteiger partial charge in [-0.15, -0.1) is 0 Å². The molecule has 0 aliphatic carbocycles. The van der Waals surface area contributed by atoms with E-state index >= 15 is 0 Å². The fourth-order valence-electron chi connectivity index (χ4n) is 5.20. The van der Waals surface area contributed by atoms with Crippen molar-refractivity contribution in [2.24, 2.45) is 0 Å². The molecule has 3 aromatic carbocycles. The fourth-order valence-corrected chi connectivity index (χ4v) is 5.20. The van der Waals surface area contributed by atoms with Gasteiger partial charge < -0.3 is 28.4 Å².